The van der Waals surface area contributed by atoms with E-state index in [1.54, 1.807) is 4.52 Å². The lowest BCUT2D eigenvalue weighted by Crippen LogP contribution is -2.41. The molecule has 1 saturated heterocycles. The summed E-state index contributed by atoms with van der Waals surface area (Å²) in [6.07, 6.45) is 1.24. The second-order valence-electron chi connectivity index (χ2n) is 7.50. The standard InChI is InChI=1S/C19H23ClN4OS/c1-11-7-12(2)10-23(9-11)16(14-5-4-6-15(20)8-14)17-18(25)24-19(26-17)21-13(3)22-24/h4-6,8,11-12,16,25H,7,9-10H2,1-3H3/t11-,12-,16+/m1/s1. The van der Waals surface area contributed by atoms with E-state index in [2.05, 4.69) is 34.9 Å². The van der Waals surface area contributed by atoms with Crippen LogP contribution in [0.5, 0.6) is 5.88 Å². The van der Waals surface area contributed by atoms with E-state index < -0.39 is 0 Å². The summed E-state index contributed by atoms with van der Waals surface area (Å²) in [4.78, 5) is 8.49. The van der Waals surface area contributed by atoms with Crippen LogP contribution in [-0.4, -0.2) is 37.7 Å². The number of likely N-dealkylation sites (tertiary alicyclic amines) is 1. The maximum Gasteiger partial charge on any atom is 0.230 e. The molecular formula is C19H23ClN4OS. The fourth-order valence-corrected chi connectivity index (χ4v) is 5.51. The highest BCUT2D eigenvalue weighted by Gasteiger charge is 2.33. The van der Waals surface area contributed by atoms with Crippen molar-refractivity contribution in [2.75, 3.05) is 13.1 Å². The van der Waals surface area contributed by atoms with E-state index in [0.29, 0.717) is 22.7 Å². The summed E-state index contributed by atoms with van der Waals surface area (Å²) in [7, 11) is 0. The van der Waals surface area contributed by atoms with Gasteiger partial charge < -0.3 is 5.11 Å². The van der Waals surface area contributed by atoms with Crippen LogP contribution in [0.15, 0.2) is 24.3 Å². The van der Waals surface area contributed by atoms with Crippen molar-refractivity contribution < 1.29 is 5.11 Å². The molecule has 3 heterocycles. The Morgan fingerprint density at radius 3 is 2.65 bits per heavy atom. The van der Waals surface area contributed by atoms with E-state index in [1.807, 2.05) is 25.1 Å². The quantitative estimate of drug-likeness (QED) is 0.714. The number of aryl methyl sites for hydroxylation is 1. The Morgan fingerprint density at radius 1 is 1.27 bits per heavy atom. The van der Waals surface area contributed by atoms with Gasteiger partial charge in [0, 0.05) is 18.1 Å². The van der Waals surface area contributed by atoms with Crippen molar-refractivity contribution in [2.24, 2.45) is 11.8 Å². The third kappa shape index (κ3) is 3.21. The van der Waals surface area contributed by atoms with Crippen LogP contribution in [0.3, 0.4) is 0 Å². The van der Waals surface area contributed by atoms with Gasteiger partial charge in [0.15, 0.2) is 0 Å². The summed E-state index contributed by atoms with van der Waals surface area (Å²) in [6, 6.07) is 7.89. The largest absolute Gasteiger partial charge is 0.492 e. The molecule has 0 bridgehead atoms. The van der Waals surface area contributed by atoms with Gasteiger partial charge in [0.05, 0.1) is 10.9 Å². The SMILES string of the molecule is Cc1nc2sc([C@H](c3cccc(Cl)c3)N3C[C@H](C)C[C@@H](C)C3)c(O)n2n1. The van der Waals surface area contributed by atoms with Crippen molar-refractivity contribution >= 4 is 27.9 Å². The number of rotatable bonds is 3. The molecule has 3 atom stereocenters. The molecule has 0 aliphatic carbocycles. The minimum atomic E-state index is -0.0484. The number of hydrogen-bond acceptors (Lipinski definition) is 5. The number of fused-ring (bicyclic) bond motifs is 1. The van der Waals surface area contributed by atoms with Gasteiger partial charge in [-0.25, -0.2) is 4.98 Å². The van der Waals surface area contributed by atoms with Crippen LogP contribution in [-0.2, 0) is 0 Å². The second kappa shape index (κ2) is 6.83. The van der Waals surface area contributed by atoms with Gasteiger partial charge in [-0.1, -0.05) is 48.9 Å². The molecule has 7 heteroatoms. The molecule has 26 heavy (non-hydrogen) atoms. The third-order valence-electron chi connectivity index (χ3n) is 4.98. The predicted molar refractivity (Wildman–Crippen MR) is 105 cm³/mol. The molecule has 0 unspecified atom stereocenters. The number of benzene rings is 1. The zero-order valence-corrected chi connectivity index (χ0v) is 16.8. The normalized spacial score (nSPS) is 22.8. The first-order chi connectivity index (χ1) is 12.4. The Labute approximate surface area is 162 Å². The number of nitrogens with zero attached hydrogens (tertiary/aromatic N) is 4. The summed E-state index contributed by atoms with van der Waals surface area (Å²) in [5.41, 5.74) is 1.09. The molecule has 4 rings (SSSR count). The van der Waals surface area contributed by atoms with Gasteiger partial charge in [-0.3, -0.25) is 4.90 Å². The Hall–Kier alpha value is -1.63. The van der Waals surface area contributed by atoms with Crippen LogP contribution in [0.1, 0.15) is 42.6 Å². The molecule has 5 nitrogen and oxygen atoms in total. The first kappa shape index (κ1) is 17.8. The maximum atomic E-state index is 10.9. The molecule has 2 aromatic heterocycles. The Balaban J connectivity index is 1.84. The topological polar surface area (TPSA) is 53.7 Å². The molecule has 1 aromatic carbocycles. The lowest BCUT2D eigenvalue weighted by Gasteiger charge is -2.40. The van der Waals surface area contributed by atoms with E-state index >= 15 is 0 Å². The molecule has 0 radical (unpaired) electrons. The van der Waals surface area contributed by atoms with Crippen LogP contribution in [0.4, 0.5) is 0 Å². The van der Waals surface area contributed by atoms with Gasteiger partial charge in [-0.05, 0) is 42.9 Å². The lowest BCUT2D eigenvalue weighted by atomic mass is 9.89. The Bertz CT molecular complexity index is 927. The smallest absolute Gasteiger partial charge is 0.230 e. The average molecular weight is 391 g/mol. The average Bonchev–Trinajstić information content (AvgIpc) is 3.05. The van der Waals surface area contributed by atoms with Crippen molar-refractivity contribution in [1.29, 1.82) is 0 Å². The summed E-state index contributed by atoms with van der Waals surface area (Å²) < 4.78 is 1.55. The Kier molecular flexibility index (Phi) is 4.67. The first-order valence-corrected chi connectivity index (χ1v) is 10.2. The lowest BCUT2D eigenvalue weighted by molar-refractivity contribution is 0.112. The van der Waals surface area contributed by atoms with Crippen molar-refractivity contribution in [3.8, 4) is 5.88 Å². The molecule has 0 spiro atoms. The highest BCUT2D eigenvalue weighted by Crippen LogP contribution is 2.42. The van der Waals surface area contributed by atoms with Crippen molar-refractivity contribution in [2.45, 2.75) is 33.2 Å². The van der Waals surface area contributed by atoms with Crippen LogP contribution in [0.2, 0.25) is 5.02 Å². The van der Waals surface area contributed by atoms with Gasteiger partial charge in [-0.15, -0.1) is 5.10 Å². The minimum absolute atomic E-state index is 0.0484. The molecule has 138 valence electrons. The van der Waals surface area contributed by atoms with Crippen molar-refractivity contribution in [3.63, 3.8) is 0 Å². The monoisotopic (exact) mass is 390 g/mol. The summed E-state index contributed by atoms with van der Waals surface area (Å²) in [5, 5.41) is 15.9. The van der Waals surface area contributed by atoms with Crippen LogP contribution in [0.25, 0.3) is 4.96 Å². The van der Waals surface area contributed by atoms with E-state index in [1.165, 1.54) is 17.8 Å². The maximum absolute atomic E-state index is 10.9. The van der Waals surface area contributed by atoms with Crippen molar-refractivity contribution in [1.82, 2.24) is 19.5 Å². The van der Waals surface area contributed by atoms with Gasteiger partial charge in [0.1, 0.15) is 5.82 Å². The molecule has 0 saturated carbocycles. The summed E-state index contributed by atoms with van der Waals surface area (Å²) in [6.45, 7) is 8.41. The fraction of sp³-hybridized carbons (Fsp3) is 0.474. The van der Waals surface area contributed by atoms with Gasteiger partial charge in [0.2, 0.25) is 10.8 Å². The van der Waals surface area contributed by atoms with Gasteiger partial charge in [0.25, 0.3) is 0 Å². The zero-order valence-electron chi connectivity index (χ0n) is 15.2. The first-order valence-electron chi connectivity index (χ1n) is 8.97. The second-order valence-corrected chi connectivity index (χ2v) is 8.95. The molecule has 3 aromatic rings. The summed E-state index contributed by atoms with van der Waals surface area (Å²) >= 11 is 7.79. The van der Waals surface area contributed by atoms with E-state index in [4.69, 9.17) is 11.6 Å². The summed E-state index contributed by atoms with van der Waals surface area (Å²) in [5.74, 6) is 2.08. The fourth-order valence-electron chi connectivity index (χ4n) is 4.15. The van der Waals surface area contributed by atoms with Crippen LogP contribution >= 0.6 is 22.9 Å². The Morgan fingerprint density at radius 2 is 2.00 bits per heavy atom. The van der Waals surface area contributed by atoms with Gasteiger partial charge >= 0.3 is 0 Å². The highest BCUT2D eigenvalue weighted by atomic mass is 35.5. The number of aromatic nitrogens is 3. The minimum Gasteiger partial charge on any atom is -0.492 e. The number of hydrogen-bond donors (Lipinski definition) is 1. The number of halogens is 1. The van der Waals surface area contributed by atoms with E-state index in [9.17, 15) is 5.11 Å². The number of aromatic hydroxyl groups is 1. The zero-order chi connectivity index (χ0) is 18.4. The highest BCUT2D eigenvalue weighted by molar-refractivity contribution is 7.17. The number of piperidine rings is 1. The van der Waals surface area contributed by atoms with Crippen LogP contribution < -0.4 is 0 Å². The molecule has 0 amide bonds. The van der Waals surface area contributed by atoms with E-state index in [-0.39, 0.29) is 11.9 Å². The van der Waals surface area contributed by atoms with Crippen molar-refractivity contribution in [3.05, 3.63) is 45.6 Å². The van der Waals surface area contributed by atoms with Crippen LogP contribution in [0, 0.1) is 18.8 Å². The molecule has 1 aliphatic rings. The predicted octanol–water partition coefficient (Wildman–Crippen LogP) is 4.53. The molecular weight excluding hydrogens is 368 g/mol. The third-order valence-corrected chi connectivity index (χ3v) is 6.29. The van der Waals surface area contributed by atoms with E-state index in [0.717, 1.165) is 28.5 Å². The molecule has 1 N–H and O–H groups in total. The molecule has 1 fully saturated rings. The number of thiazole rings is 1. The molecule has 1 aliphatic heterocycles. The van der Waals surface area contributed by atoms with Gasteiger partial charge in [-0.2, -0.15) is 4.52 Å².